The number of rotatable bonds is 2. The van der Waals surface area contributed by atoms with E-state index in [4.69, 9.17) is 17.3 Å². The maximum absolute atomic E-state index is 6.05. The number of halogens is 1. The molecule has 2 aromatic heterocycles. The second kappa shape index (κ2) is 4.23. The van der Waals surface area contributed by atoms with Crippen LogP contribution in [0.4, 0.5) is 11.1 Å². The van der Waals surface area contributed by atoms with Gasteiger partial charge in [0.2, 0.25) is 5.95 Å². The van der Waals surface area contributed by atoms with Crippen molar-refractivity contribution >= 4 is 34.0 Å². The lowest BCUT2D eigenvalue weighted by atomic mass is 10.3. The van der Waals surface area contributed by atoms with E-state index in [-0.39, 0.29) is 0 Å². The summed E-state index contributed by atoms with van der Waals surface area (Å²) in [5.41, 5.74) is 7.13. The van der Waals surface area contributed by atoms with Crippen LogP contribution in [-0.4, -0.2) is 22.0 Å². The van der Waals surface area contributed by atoms with E-state index in [0.717, 1.165) is 10.6 Å². The molecule has 0 amide bonds. The first-order chi connectivity index (χ1) is 7.61. The summed E-state index contributed by atoms with van der Waals surface area (Å²) in [6.07, 6.45) is 1.56. The van der Waals surface area contributed by atoms with Crippen LogP contribution in [0, 0.1) is 6.92 Å². The Morgan fingerprint density at radius 1 is 1.44 bits per heavy atom. The Hall–Kier alpha value is -1.40. The van der Waals surface area contributed by atoms with Crippen LogP contribution in [0.3, 0.4) is 0 Å². The molecular weight excluding hydrogens is 246 g/mol. The third kappa shape index (κ3) is 1.94. The molecule has 0 bridgehead atoms. The molecule has 0 aromatic carbocycles. The van der Waals surface area contributed by atoms with Gasteiger partial charge in [0.25, 0.3) is 0 Å². The van der Waals surface area contributed by atoms with E-state index in [1.165, 1.54) is 11.3 Å². The minimum absolute atomic E-state index is 0.491. The topological polar surface area (TPSA) is 76.7 Å². The number of anilines is 2. The van der Waals surface area contributed by atoms with Crippen LogP contribution < -0.4 is 11.1 Å². The maximum Gasteiger partial charge on any atom is 0.223 e. The van der Waals surface area contributed by atoms with Gasteiger partial charge in [-0.2, -0.15) is 0 Å². The smallest absolute Gasteiger partial charge is 0.223 e. The Balaban J connectivity index is 2.58. The molecular formula is C9H10ClN5S. The number of nitrogen functional groups attached to an aromatic ring is 1. The molecule has 2 aromatic rings. The van der Waals surface area contributed by atoms with Crippen LogP contribution in [0.5, 0.6) is 0 Å². The normalized spacial score (nSPS) is 10.4. The number of nitrogens with one attached hydrogen (secondary N) is 1. The van der Waals surface area contributed by atoms with Crippen molar-refractivity contribution in [1.82, 2.24) is 15.0 Å². The molecule has 0 spiro atoms. The summed E-state index contributed by atoms with van der Waals surface area (Å²) in [6.45, 7) is 1.87. The molecule has 3 N–H and O–H groups in total. The molecule has 0 atom stereocenters. The largest absolute Gasteiger partial charge is 0.375 e. The Labute approximate surface area is 102 Å². The fraction of sp³-hybridized carbons (Fsp3) is 0.222. The van der Waals surface area contributed by atoms with Gasteiger partial charge in [0.1, 0.15) is 5.69 Å². The van der Waals surface area contributed by atoms with E-state index < -0.39 is 0 Å². The third-order valence-electron chi connectivity index (χ3n) is 2.00. The Kier molecular flexibility index (Phi) is 2.93. The molecule has 0 aliphatic carbocycles. The first-order valence-corrected chi connectivity index (χ1v) is 5.75. The fourth-order valence-corrected chi connectivity index (χ4v) is 2.36. The van der Waals surface area contributed by atoms with Gasteiger partial charge in [-0.25, -0.2) is 15.0 Å². The molecule has 2 rings (SSSR count). The number of hydrogen-bond acceptors (Lipinski definition) is 6. The highest BCUT2D eigenvalue weighted by atomic mass is 35.5. The average molecular weight is 256 g/mol. The van der Waals surface area contributed by atoms with Gasteiger partial charge in [-0.3, -0.25) is 0 Å². The van der Waals surface area contributed by atoms with Gasteiger partial charge < -0.3 is 11.1 Å². The summed E-state index contributed by atoms with van der Waals surface area (Å²) in [6, 6.07) is 0. The van der Waals surface area contributed by atoms with Crippen LogP contribution in [0.1, 0.15) is 5.69 Å². The van der Waals surface area contributed by atoms with Gasteiger partial charge in [-0.15, -0.1) is 0 Å². The Bertz CT molecular complexity index is 525. The van der Waals surface area contributed by atoms with E-state index in [1.807, 2.05) is 6.92 Å². The molecule has 7 heteroatoms. The van der Waals surface area contributed by atoms with Crippen molar-refractivity contribution in [3.05, 3.63) is 16.9 Å². The van der Waals surface area contributed by atoms with E-state index in [1.54, 1.807) is 13.2 Å². The SMILES string of the molecule is CNc1ncc(Cl)c(-c2sc(N)nc2C)n1. The minimum Gasteiger partial charge on any atom is -0.375 e. The monoisotopic (exact) mass is 255 g/mol. The van der Waals surface area contributed by atoms with Gasteiger partial charge in [0.05, 0.1) is 21.8 Å². The van der Waals surface area contributed by atoms with Crippen LogP contribution in [0.2, 0.25) is 5.02 Å². The van der Waals surface area contributed by atoms with E-state index in [9.17, 15) is 0 Å². The first kappa shape index (κ1) is 11.1. The lowest BCUT2D eigenvalue weighted by molar-refractivity contribution is 1.15. The quantitative estimate of drug-likeness (QED) is 0.860. The summed E-state index contributed by atoms with van der Waals surface area (Å²) in [5.74, 6) is 0.519. The van der Waals surface area contributed by atoms with Crippen molar-refractivity contribution in [2.75, 3.05) is 18.1 Å². The molecule has 0 unspecified atom stereocenters. The highest BCUT2D eigenvalue weighted by Gasteiger charge is 2.14. The van der Waals surface area contributed by atoms with Crippen molar-refractivity contribution in [2.24, 2.45) is 0 Å². The Morgan fingerprint density at radius 2 is 2.19 bits per heavy atom. The molecule has 5 nitrogen and oxygen atoms in total. The first-order valence-electron chi connectivity index (χ1n) is 4.55. The van der Waals surface area contributed by atoms with Gasteiger partial charge in [-0.1, -0.05) is 22.9 Å². The van der Waals surface area contributed by atoms with Gasteiger partial charge in [0, 0.05) is 7.05 Å². The highest BCUT2D eigenvalue weighted by Crippen LogP contribution is 2.34. The van der Waals surface area contributed by atoms with E-state index in [0.29, 0.717) is 21.8 Å². The number of aryl methyl sites for hydroxylation is 1. The molecule has 0 saturated carbocycles. The van der Waals surface area contributed by atoms with Crippen molar-refractivity contribution in [3.8, 4) is 10.6 Å². The second-order valence-electron chi connectivity index (χ2n) is 3.11. The van der Waals surface area contributed by atoms with Crippen LogP contribution >= 0.6 is 22.9 Å². The predicted octanol–water partition coefficient (Wildman–Crippen LogP) is 2.19. The number of nitrogens with two attached hydrogens (primary N) is 1. The van der Waals surface area contributed by atoms with Crippen LogP contribution in [0.25, 0.3) is 10.6 Å². The molecule has 0 saturated heterocycles. The summed E-state index contributed by atoms with van der Waals surface area (Å²) < 4.78 is 0. The average Bonchev–Trinajstić information content (AvgIpc) is 2.58. The minimum atomic E-state index is 0.491. The van der Waals surface area contributed by atoms with Crippen molar-refractivity contribution in [3.63, 3.8) is 0 Å². The number of thiazole rings is 1. The molecule has 2 heterocycles. The molecule has 0 fully saturated rings. The molecule has 0 radical (unpaired) electrons. The number of aromatic nitrogens is 3. The van der Waals surface area contributed by atoms with Gasteiger partial charge >= 0.3 is 0 Å². The van der Waals surface area contributed by atoms with Crippen molar-refractivity contribution in [1.29, 1.82) is 0 Å². The number of nitrogens with zero attached hydrogens (tertiary/aromatic N) is 3. The molecule has 84 valence electrons. The summed E-state index contributed by atoms with van der Waals surface area (Å²) >= 11 is 7.42. The fourth-order valence-electron chi connectivity index (χ4n) is 1.28. The van der Waals surface area contributed by atoms with Crippen molar-refractivity contribution in [2.45, 2.75) is 6.92 Å². The lowest BCUT2D eigenvalue weighted by Gasteiger charge is -2.03. The highest BCUT2D eigenvalue weighted by molar-refractivity contribution is 7.18. The zero-order chi connectivity index (χ0) is 11.7. The molecule has 0 aliphatic heterocycles. The maximum atomic E-state index is 6.05. The summed E-state index contributed by atoms with van der Waals surface area (Å²) in [7, 11) is 1.75. The Morgan fingerprint density at radius 3 is 2.75 bits per heavy atom. The summed E-state index contributed by atoms with van der Waals surface area (Å²) in [4.78, 5) is 13.3. The van der Waals surface area contributed by atoms with Gasteiger partial charge in [0.15, 0.2) is 5.13 Å². The van der Waals surface area contributed by atoms with Crippen LogP contribution in [0.15, 0.2) is 6.20 Å². The second-order valence-corrected chi connectivity index (χ2v) is 4.54. The summed E-state index contributed by atoms with van der Waals surface area (Å²) in [5, 5.41) is 3.86. The van der Waals surface area contributed by atoms with Gasteiger partial charge in [-0.05, 0) is 6.92 Å². The van der Waals surface area contributed by atoms with E-state index in [2.05, 4.69) is 20.3 Å². The van der Waals surface area contributed by atoms with Crippen LogP contribution in [-0.2, 0) is 0 Å². The lowest BCUT2D eigenvalue weighted by Crippen LogP contribution is -1.97. The zero-order valence-corrected chi connectivity index (χ0v) is 10.4. The zero-order valence-electron chi connectivity index (χ0n) is 8.78. The number of hydrogen-bond donors (Lipinski definition) is 2. The van der Waals surface area contributed by atoms with E-state index >= 15 is 0 Å². The molecule has 0 aliphatic rings. The van der Waals surface area contributed by atoms with Crippen molar-refractivity contribution < 1.29 is 0 Å². The third-order valence-corrected chi connectivity index (χ3v) is 3.27. The standard InChI is InChI=1S/C9H10ClN5S/c1-4-7(16-8(11)14-4)6-5(10)3-13-9(12-2)15-6/h3H,1-2H3,(H2,11,14)(H,12,13,15). The molecule has 16 heavy (non-hydrogen) atoms. The predicted molar refractivity (Wildman–Crippen MR) is 66.8 cm³/mol.